The van der Waals surface area contributed by atoms with E-state index in [1.807, 2.05) is 6.92 Å². The number of alkyl halides is 3. The smallest absolute Gasteiger partial charge is 0.352 e. The molecule has 2 rings (SSSR count). The Labute approximate surface area is 140 Å². The van der Waals surface area contributed by atoms with Crippen molar-refractivity contribution in [2.45, 2.75) is 39.0 Å². The summed E-state index contributed by atoms with van der Waals surface area (Å²) in [6.45, 7) is 3.10. The number of amides is 1. The molecule has 0 saturated heterocycles. The van der Waals surface area contributed by atoms with Gasteiger partial charge in [0.2, 0.25) is 5.91 Å². The molecule has 2 aromatic rings. The highest BCUT2D eigenvalue weighted by Gasteiger charge is 2.33. The van der Waals surface area contributed by atoms with E-state index in [-0.39, 0.29) is 17.1 Å². The molecular formula is C15H17F3N4O3. The van der Waals surface area contributed by atoms with Crippen LogP contribution < -0.4 is 16.6 Å². The van der Waals surface area contributed by atoms with Gasteiger partial charge in [-0.25, -0.2) is 9.78 Å². The van der Waals surface area contributed by atoms with Crippen molar-refractivity contribution in [2.24, 2.45) is 7.05 Å². The second-order valence-electron chi connectivity index (χ2n) is 5.68. The van der Waals surface area contributed by atoms with Gasteiger partial charge < -0.3 is 5.32 Å². The first-order valence-corrected chi connectivity index (χ1v) is 7.53. The molecule has 0 aliphatic carbocycles. The quantitative estimate of drug-likeness (QED) is 0.885. The topological polar surface area (TPSA) is 86.0 Å². The molecule has 1 amide bonds. The SMILES string of the molecule is CCC(C)NC(=O)Cn1c(=O)c2ccc(C(F)(F)F)nc2n(C)c1=O. The zero-order valence-corrected chi connectivity index (χ0v) is 13.8. The van der Waals surface area contributed by atoms with Crippen molar-refractivity contribution < 1.29 is 18.0 Å². The Balaban J connectivity index is 2.56. The van der Waals surface area contributed by atoms with E-state index in [4.69, 9.17) is 0 Å². The molecule has 10 heteroatoms. The van der Waals surface area contributed by atoms with Crippen LogP contribution in [0.5, 0.6) is 0 Å². The lowest BCUT2D eigenvalue weighted by Crippen LogP contribution is -2.44. The maximum absolute atomic E-state index is 12.8. The highest BCUT2D eigenvalue weighted by molar-refractivity contribution is 5.77. The summed E-state index contributed by atoms with van der Waals surface area (Å²) in [4.78, 5) is 40.0. The highest BCUT2D eigenvalue weighted by Crippen LogP contribution is 2.28. The van der Waals surface area contributed by atoms with Crippen molar-refractivity contribution in [1.82, 2.24) is 19.4 Å². The van der Waals surface area contributed by atoms with Crippen LogP contribution in [0.15, 0.2) is 21.7 Å². The minimum absolute atomic E-state index is 0.136. The van der Waals surface area contributed by atoms with Crippen LogP contribution in [0.4, 0.5) is 13.2 Å². The molecule has 25 heavy (non-hydrogen) atoms. The number of carbonyl (C=O) groups excluding carboxylic acids is 1. The maximum atomic E-state index is 12.8. The molecule has 0 bridgehead atoms. The molecular weight excluding hydrogens is 341 g/mol. The maximum Gasteiger partial charge on any atom is 0.433 e. The van der Waals surface area contributed by atoms with E-state index in [9.17, 15) is 27.6 Å². The predicted molar refractivity (Wildman–Crippen MR) is 84.1 cm³/mol. The number of hydrogen-bond donors (Lipinski definition) is 1. The Kier molecular flexibility index (Phi) is 5.00. The number of aryl methyl sites for hydroxylation is 1. The van der Waals surface area contributed by atoms with Crippen molar-refractivity contribution in [3.63, 3.8) is 0 Å². The van der Waals surface area contributed by atoms with Crippen LogP contribution in [0.3, 0.4) is 0 Å². The minimum Gasteiger partial charge on any atom is -0.352 e. The Bertz CT molecular complexity index is 930. The summed E-state index contributed by atoms with van der Waals surface area (Å²) in [7, 11) is 1.19. The molecule has 0 spiro atoms. The Morgan fingerprint density at radius 3 is 2.52 bits per heavy atom. The molecule has 7 nitrogen and oxygen atoms in total. The van der Waals surface area contributed by atoms with Gasteiger partial charge in [-0.05, 0) is 25.5 Å². The first kappa shape index (κ1) is 18.7. The second-order valence-corrected chi connectivity index (χ2v) is 5.68. The standard InChI is InChI=1S/C15H17F3N4O3/c1-4-8(2)19-11(23)7-22-13(24)9-5-6-10(15(16,17)18)20-12(9)21(3)14(22)25/h5-6,8H,4,7H2,1-3H3,(H,19,23). The summed E-state index contributed by atoms with van der Waals surface area (Å²) < 4.78 is 39.8. The number of nitrogens with one attached hydrogen (secondary N) is 1. The average Bonchev–Trinajstić information content (AvgIpc) is 2.55. The molecule has 1 unspecified atom stereocenters. The Morgan fingerprint density at radius 2 is 1.96 bits per heavy atom. The minimum atomic E-state index is -4.70. The average molecular weight is 358 g/mol. The zero-order valence-electron chi connectivity index (χ0n) is 13.8. The molecule has 2 heterocycles. The van der Waals surface area contributed by atoms with E-state index in [1.165, 1.54) is 7.05 Å². The summed E-state index contributed by atoms with van der Waals surface area (Å²) in [6.07, 6.45) is -4.03. The van der Waals surface area contributed by atoms with E-state index < -0.39 is 35.6 Å². The van der Waals surface area contributed by atoms with Gasteiger partial charge in [0.1, 0.15) is 17.9 Å². The van der Waals surface area contributed by atoms with Crippen molar-refractivity contribution in [1.29, 1.82) is 0 Å². The van der Waals surface area contributed by atoms with E-state index in [0.29, 0.717) is 17.1 Å². The monoisotopic (exact) mass is 358 g/mol. The number of aromatic nitrogens is 3. The van der Waals surface area contributed by atoms with Crippen LogP contribution in [-0.2, 0) is 24.6 Å². The van der Waals surface area contributed by atoms with Gasteiger partial charge in [-0.3, -0.25) is 18.7 Å². The fraction of sp³-hybridized carbons (Fsp3) is 0.467. The van der Waals surface area contributed by atoms with Gasteiger partial charge in [-0.1, -0.05) is 6.92 Å². The van der Waals surface area contributed by atoms with E-state index >= 15 is 0 Å². The van der Waals surface area contributed by atoms with Crippen molar-refractivity contribution >= 4 is 16.9 Å². The summed E-state index contributed by atoms with van der Waals surface area (Å²) in [5, 5.41) is 2.44. The summed E-state index contributed by atoms with van der Waals surface area (Å²) >= 11 is 0. The van der Waals surface area contributed by atoms with Gasteiger partial charge in [-0.15, -0.1) is 0 Å². The molecule has 0 saturated carbocycles. The Morgan fingerprint density at radius 1 is 1.32 bits per heavy atom. The first-order valence-electron chi connectivity index (χ1n) is 7.53. The van der Waals surface area contributed by atoms with Crippen molar-refractivity contribution in [2.75, 3.05) is 0 Å². The number of halogens is 3. The van der Waals surface area contributed by atoms with Crippen LogP contribution in [0.2, 0.25) is 0 Å². The van der Waals surface area contributed by atoms with Gasteiger partial charge >= 0.3 is 11.9 Å². The summed E-state index contributed by atoms with van der Waals surface area (Å²) in [5.74, 6) is -0.534. The first-order chi connectivity index (χ1) is 11.6. The molecule has 1 N–H and O–H groups in total. The highest BCUT2D eigenvalue weighted by atomic mass is 19.4. The third-order valence-corrected chi connectivity index (χ3v) is 3.80. The predicted octanol–water partition coefficient (Wildman–Crippen LogP) is 1.03. The molecule has 0 aliphatic rings. The lowest BCUT2D eigenvalue weighted by Gasteiger charge is -2.14. The number of fused-ring (bicyclic) bond motifs is 1. The number of nitrogens with zero attached hydrogens (tertiary/aromatic N) is 3. The molecule has 0 aromatic carbocycles. The number of hydrogen-bond acceptors (Lipinski definition) is 4. The molecule has 0 aliphatic heterocycles. The lowest BCUT2D eigenvalue weighted by molar-refractivity contribution is -0.141. The molecule has 136 valence electrons. The molecule has 0 fully saturated rings. The normalized spacial score (nSPS) is 13.0. The molecule has 1 atom stereocenters. The van der Waals surface area contributed by atoms with Crippen LogP contribution >= 0.6 is 0 Å². The number of pyridine rings is 1. The van der Waals surface area contributed by atoms with Gasteiger partial charge in [0.05, 0.1) is 5.39 Å². The lowest BCUT2D eigenvalue weighted by atomic mass is 10.2. The number of carbonyl (C=O) groups is 1. The Hall–Kier alpha value is -2.65. The van der Waals surface area contributed by atoms with Crippen LogP contribution in [0, 0.1) is 0 Å². The summed E-state index contributed by atoms with van der Waals surface area (Å²) in [5.41, 5.74) is -3.37. The third-order valence-electron chi connectivity index (χ3n) is 3.80. The van der Waals surface area contributed by atoms with Gasteiger partial charge in [0, 0.05) is 13.1 Å². The van der Waals surface area contributed by atoms with E-state index in [0.717, 1.165) is 10.6 Å². The third kappa shape index (κ3) is 3.72. The van der Waals surface area contributed by atoms with Gasteiger partial charge in [0.25, 0.3) is 5.56 Å². The zero-order chi connectivity index (χ0) is 18.9. The van der Waals surface area contributed by atoms with Crippen LogP contribution in [-0.4, -0.2) is 26.1 Å². The van der Waals surface area contributed by atoms with Crippen molar-refractivity contribution in [3.05, 3.63) is 38.7 Å². The van der Waals surface area contributed by atoms with E-state index in [2.05, 4.69) is 10.3 Å². The summed E-state index contributed by atoms with van der Waals surface area (Å²) in [6, 6.07) is 1.48. The molecule has 0 radical (unpaired) electrons. The fourth-order valence-electron chi connectivity index (χ4n) is 2.24. The molecule has 2 aromatic heterocycles. The van der Waals surface area contributed by atoms with E-state index in [1.54, 1.807) is 6.92 Å². The number of rotatable bonds is 4. The second kappa shape index (κ2) is 6.69. The van der Waals surface area contributed by atoms with Crippen LogP contribution in [0.1, 0.15) is 26.0 Å². The van der Waals surface area contributed by atoms with Crippen molar-refractivity contribution in [3.8, 4) is 0 Å². The largest absolute Gasteiger partial charge is 0.433 e. The van der Waals surface area contributed by atoms with Crippen LogP contribution in [0.25, 0.3) is 11.0 Å². The van der Waals surface area contributed by atoms with Gasteiger partial charge in [0.15, 0.2) is 0 Å². The fourth-order valence-corrected chi connectivity index (χ4v) is 2.24. The van der Waals surface area contributed by atoms with Gasteiger partial charge in [-0.2, -0.15) is 13.2 Å².